The largest absolute Gasteiger partial charge is 0.573 e. The molecule has 0 unspecified atom stereocenters. The van der Waals surface area contributed by atoms with Crippen molar-refractivity contribution in [3.05, 3.63) is 111 Å². The third-order valence-electron chi connectivity index (χ3n) is 6.57. The Morgan fingerprint density at radius 2 is 1.69 bits per heavy atom. The van der Waals surface area contributed by atoms with E-state index in [1.54, 1.807) is 0 Å². The van der Waals surface area contributed by atoms with Crippen LogP contribution in [-0.4, -0.2) is 52.9 Å². The first kappa shape index (κ1) is 34.4. The van der Waals surface area contributed by atoms with Gasteiger partial charge in [0.05, 0.1) is 10.7 Å². The molecule has 0 saturated heterocycles. The average Bonchev–Trinajstić information content (AvgIpc) is 3.64. The monoisotopic (exact) mass is 715 g/mol. The van der Waals surface area contributed by atoms with Gasteiger partial charge in [-0.25, -0.2) is 14.1 Å². The van der Waals surface area contributed by atoms with Gasteiger partial charge in [0.25, 0.3) is 5.82 Å². The Labute approximate surface area is 275 Å². The van der Waals surface area contributed by atoms with Gasteiger partial charge in [-0.1, -0.05) is 35.3 Å². The minimum atomic E-state index is -4.92. The molecule has 0 N–H and O–H groups in total. The summed E-state index contributed by atoms with van der Waals surface area (Å²) in [6.45, 7) is -0.463. The lowest BCUT2D eigenvalue weighted by atomic mass is 9.94. The number of nitrogens with zero attached hydrogens (tertiary/aromatic N) is 7. The van der Waals surface area contributed by atoms with Gasteiger partial charge in [0.15, 0.2) is 17.4 Å². The number of hydrogen-bond donors (Lipinski definition) is 0. The zero-order valence-electron chi connectivity index (χ0n) is 23.9. The molecule has 0 amide bonds. The van der Waals surface area contributed by atoms with E-state index >= 15 is 4.39 Å². The van der Waals surface area contributed by atoms with Gasteiger partial charge >= 0.3 is 12.5 Å². The Morgan fingerprint density at radius 1 is 0.917 bits per heavy atom. The SMILES string of the molecule is O=C(CCc1cccc(OC(F)(F)F)c1)c1cc(Cl)cc(F)c1CC(=O)c1cc(Cn2nnc(C(F)(F)F)n2)nn1-c1ncccc1Cl. The lowest BCUT2D eigenvalue weighted by Gasteiger charge is -2.12. The van der Waals surface area contributed by atoms with Gasteiger partial charge in [0.1, 0.15) is 23.8 Å². The lowest BCUT2D eigenvalue weighted by molar-refractivity contribution is -0.274. The first-order chi connectivity index (χ1) is 22.6. The summed E-state index contributed by atoms with van der Waals surface area (Å²) in [6.07, 6.45) is -9.51. The van der Waals surface area contributed by atoms with Crippen LogP contribution in [0.5, 0.6) is 5.75 Å². The molecule has 0 fully saturated rings. The van der Waals surface area contributed by atoms with Crippen LogP contribution in [0.4, 0.5) is 30.7 Å². The van der Waals surface area contributed by atoms with Crippen molar-refractivity contribution in [2.45, 2.75) is 38.3 Å². The minimum Gasteiger partial charge on any atom is -0.406 e. The van der Waals surface area contributed by atoms with E-state index in [2.05, 4.69) is 30.2 Å². The van der Waals surface area contributed by atoms with Crippen molar-refractivity contribution >= 4 is 34.8 Å². The second-order valence-corrected chi connectivity index (χ2v) is 10.9. The van der Waals surface area contributed by atoms with Gasteiger partial charge in [-0.3, -0.25) is 9.59 Å². The van der Waals surface area contributed by atoms with Crippen LogP contribution >= 0.6 is 23.2 Å². The van der Waals surface area contributed by atoms with Gasteiger partial charge in [-0.15, -0.1) is 23.4 Å². The van der Waals surface area contributed by atoms with Crippen molar-refractivity contribution in [2.75, 3.05) is 0 Å². The topological polar surface area (TPSA) is 118 Å². The first-order valence-electron chi connectivity index (χ1n) is 13.5. The Morgan fingerprint density at radius 3 is 2.38 bits per heavy atom. The number of aromatic nitrogens is 7. The van der Waals surface area contributed by atoms with Gasteiger partial charge in [0, 0.05) is 35.2 Å². The van der Waals surface area contributed by atoms with Crippen LogP contribution < -0.4 is 4.74 Å². The highest BCUT2D eigenvalue weighted by Gasteiger charge is 2.37. The van der Waals surface area contributed by atoms with Crippen molar-refractivity contribution in [3.63, 3.8) is 0 Å². The third kappa shape index (κ3) is 8.32. The molecule has 5 rings (SSSR count). The van der Waals surface area contributed by atoms with Crippen molar-refractivity contribution in [2.24, 2.45) is 0 Å². The number of ketones is 2. The molecule has 2 aromatic carbocycles. The van der Waals surface area contributed by atoms with E-state index in [1.807, 2.05) is 0 Å². The summed E-state index contributed by atoms with van der Waals surface area (Å²) in [7, 11) is 0. The van der Waals surface area contributed by atoms with E-state index in [0.29, 0.717) is 10.4 Å². The molecule has 0 aliphatic carbocycles. The number of Topliss-reactive ketones (excluding diaryl/α,β-unsaturated/α-hetero) is 2. The van der Waals surface area contributed by atoms with E-state index in [4.69, 9.17) is 23.2 Å². The zero-order valence-corrected chi connectivity index (χ0v) is 25.4. The summed E-state index contributed by atoms with van der Waals surface area (Å²) in [6, 6.07) is 11.1. The van der Waals surface area contributed by atoms with Crippen molar-refractivity contribution in [3.8, 4) is 11.6 Å². The number of hydrogen-bond acceptors (Lipinski definition) is 8. The number of halogens is 9. The van der Waals surface area contributed by atoms with E-state index in [0.717, 1.165) is 28.9 Å². The Balaban J connectivity index is 1.43. The Hall–Kier alpha value is -4.90. The number of pyridine rings is 1. The normalized spacial score (nSPS) is 11.9. The number of carbonyl (C=O) groups is 2. The van der Waals surface area contributed by atoms with E-state index in [9.17, 15) is 35.9 Å². The zero-order chi connectivity index (χ0) is 34.8. The third-order valence-corrected chi connectivity index (χ3v) is 7.08. The highest BCUT2D eigenvalue weighted by atomic mass is 35.5. The summed E-state index contributed by atoms with van der Waals surface area (Å²) in [5.74, 6) is -4.48. The van der Waals surface area contributed by atoms with Crippen LogP contribution in [0.1, 0.15) is 49.9 Å². The fourth-order valence-electron chi connectivity index (χ4n) is 4.54. The molecule has 19 heteroatoms. The molecule has 3 heterocycles. The first-order valence-corrected chi connectivity index (χ1v) is 14.3. The summed E-state index contributed by atoms with van der Waals surface area (Å²) in [4.78, 5) is 31.7. The molecule has 0 saturated carbocycles. The summed E-state index contributed by atoms with van der Waals surface area (Å²) >= 11 is 12.3. The molecular weight excluding hydrogens is 698 g/mol. The van der Waals surface area contributed by atoms with Crippen LogP contribution in [0.15, 0.2) is 60.8 Å². The predicted octanol–water partition coefficient (Wildman–Crippen LogP) is 6.91. The quantitative estimate of drug-likeness (QED) is 0.107. The fourth-order valence-corrected chi connectivity index (χ4v) is 4.95. The maximum atomic E-state index is 15.3. The second-order valence-electron chi connectivity index (χ2n) is 10.0. The molecule has 5 aromatic rings. The number of benzene rings is 2. The van der Waals surface area contributed by atoms with Crippen LogP contribution in [0.3, 0.4) is 0 Å². The standard InChI is InChI=1S/C29H18Cl2F7N7O3/c30-16-10-20(24(46)7-6-15-3-1-4-18(9-15)48-29(36,37)38)19(22(32)11-16)13-25(47)23-12-17(14-44-42-27(40-43-44)28(33,34)35)41-45(23)26-21(31)5-2-8-39-26/h1-5,8-12H,6-7,13-14H2. The van der Waals surface area contributed by atoms with Crippen LogP contribution in [0.25, 0.3) is 5.82 Å². The summed E-state index contributed by atoms with van der Waals surface area (Å²) in [5, 5.41) is 13.7. The van der Waals surface area contributed by atoms with Gasteiger partial charge in [0.2, 0.25) is 0 Å². The number of alkyl halides is 6. The van der Waals surface area contributed by atoms with Crippen LogP contribution in [0, 0.1) is 5.82 Å². The molecule has 0 bridgehead atoms. The summed E-state index contributed by atoms with van der Waals surface area (Å²) in [5.41, 5.74) is -0.507. The molecule has 0 spiro atoms. The van der Waals surface area contributed by atoms with Gasteiger partial charge in [-0.05, 0) is 59.7 Å². The van der Waals surface area contributed by atoms with Crippen molar-refractivity contribution < 1.29 is 45.1 Å². The Kier molecular flexibility index (Phi) is 9.81. The van der Waals surface area contributed by atoms with E-state index < -0.39 is 54.5 Å². The molecule has 0 atom stereocenters. The van der Waals surface area contributed by atoms with Gasteiger partial charge in [-0.2, -0.15) is 23.1 Å². The van der Waals surface area contributed by atoms with Gasteiger partial charge < -0.3 is 4.74 Å². The highest BCUT2D eigenvalue weighted by Crippen LogP contribution is 2.28. The maximum Gasteiger partial charge on any atom is 0.573 e. The molecular formula is C29H18Cl2F7N7O3. The molecule has 48 heavy (non-hydrogen) atoms. The number of tetrazole rings is 1. The highest BCUT2D eigenvalue weighted by molar-refractivity contribution is 6.32. The molecule has 0 aliphatic heterocycles. The van der Waals surface area contributed by atoms with Crippen molar-refractivity contribution in [1.29, 1.82) is 0 Å². The van der Waals surface area contributed by atoms with Crippen LogP contribution in [-0.2, 0) is 25.6 Å². The lowest BCUT2D eigenvalue weighted by Crippen LogP contribution is -2.17. The van der Waals surface area contributed by atoms with Crippen LogP contribution in [0.2, 0.25) is 10.0 Å². The predicted molar refractivity (Wildman–Crippen MR) is 154 cm³/mol. The number of carbonyl (C=O) groups excluding carboxylic acids is 2. The van der Waals surface area contributed by atoms with Crippen molar-refractivity contribution in [1.82, 2.24) is 35.0 Å². The fraction of sp³-hybridized carbons (Fsp3) is 0.207. The molecule has 0 radical (unpaired) electrons. The number of ether oxygens (including phenoxy) is 1. The molecule has 3 aromatic heterocycles. The smallest absolute Gasteiger partial charge is 0.406 e. The molecule has 0 aliphatic rings. The molecule has 250 valence electrons. The second kappa shape index (κ2) is 13.7. The minimum absolute atomic E-state index is 0.0178. The Bertz CT molecular complexity index is 1990. The van der Waals surface area contributed by atoms with E-state index in [-0.39, 0.29) is 51.2 Å². The number of aryl methyl sites for hydroxylation is 1. The number of rotatable bonds is 11. The molecule has 10 nitrogen and oxygen atoms in total. The maximum absolute atomic E-state index is 15.3. The van der Waals surface area contributed by atoms with E-state index in [1.165, 1.54) is 36.5 Å². The average molecular weight is 716 g/mol. The summed E-state index contributed by atoms with van der Waals surface area (Å²) < 4.78 is 97.0.